The maximum atomic E-state index is 13.4. The van der Waals surface area contributed by atoms with Crippen molar-refractivity contribution in [3.8, 4) is 0 Å². The van der Waals surface area contributed by atoms with Crippen LogP contribution >= 0.6 is 0 Å². The number of carbonyl (C=O) groups is 1. The minimum atomic E-state index is -4.41. The van der Waals surface area contributed by atoms with Gasteiger partial charge in [0, 0.05) is 37.8 Å². The van der Waals surface area contributed by atoms with Crippen LogP contribution < -0.4 is 10.6 Å². The van der Waals surface area contributed by atoms with E-state index in [2.05, 4.69) is 20.6 Å². The third-order valence-electron chi connectivity index (χ3n) is 5.22. The van der Waals surface area contributed by atoms with E-state index in [0.29, 0.717) is 26.2 Å². The average Bonchev–Trinajstić information content (AvgIpc) is 3.08. The number of nitrogens with zero attached hydrogens (tertiary/aromatic N) is 3. The normalized spacial score (nSPS) is 24.8. The van der Waals surface area contributed by atoms with Crippen molar-refractivity contribution in [2.24, 2.45) is 0 Å². The summed E-state index contributed by atoms with van der Waals surface area (Å²) in [6.07, 6.45) is -3.94. The van der Waals surface area contributed by atoms with Gasteiger partial charge in [-0.3, -0.25) is 9.69 Å². The third kappa shape index (κ3) is 4.55. The Balaban J connectivity index is 1.67. The first kappa shape index (κ1) is 19.9. The number of ether oxygens (including phenoxy) is 1. The van der Waals surface area contributed by atoms with E-state index in [1.54, 1.807) is 0 Å². The molecule has 0 aliphatic carbocycles. The Hall–Kier alpha value is -1.81. The van der Waals surface area contributed by atoms with Crippen LogP contribution in [0, 0.1) is 0 Å². The van der Waals surface area contributed by atoms with Gasteiger partial charge in [-0.05, 0) is 19.8 Å². The van der Waals surface area contributed by atoms with Crippen LogP contribution in [0.1, 0.15) is 43.2 Å². The summed E-state index contributed by atoms with van der Waals surface area (Å²) in [7, 11) is 0. The molecule has 0 spiro atoms. The minimum Gasteiger partial charge on any atom is -0.379 e. The molecule has 27 heavy (non-hydrogen) atoms. The Morgan fingerprint density at radius 3 is 2.78 bits per heavy atom. The number of nitrogens with one attached hydrogen (secondary N) is 2. The lowest BCUT2D eigenvalue weighted by Crippen LogP contribution is -2.47. The van der Waals surface area contributed by atoms with Crippen LogP contribution in [0.25, 0.3) is 0 Å². The number of carbonyl (C=O) groups excluding carboxylic acids is 1. The van der Waals surface area contributed by atoms with E-state index in [1.807, 2.05) is 13.8 Å². The molecule has 152 valence electrons. The fourth-order valence-electron chi connectivity index (χ4n) is 3.51. The monoisotopic (exact) mass is 389 g/mol. The van der Waals surface area contributed by atoms with Crippen molar-refractivity contribution in [2.45, 2.75) is 51.0 Å². The molecule has 1 aromatic rings. The molecule has 10 heteroatoms. The molecular formula is C17H26F3N5O2. The minimum absolute atomic E-state index is 0.00215. The Bertz CT molecular complexity index is 657. The van der Waals surface area contributed by atoms with Gasteiger partial charge in [0.1, 0.15) is 5.82 Å². The van der Waals surface area contributed by atoms with Crippen molar-refractivity contribution in [2.75, 3.05) is 38.2 Å². The number of rotatable bonds is 5. The molecule has 3 heterocycles. The van der Waals surface area contributed by atoms with Gasteiger partial charge in [-0.15, -0.1) is 0 Å². The number of hydrogen-bond donors (Lipinski definition) is 2. The smallest absolute Gasteiger partial charge is 0.379 e. The number of aromatic nitrogens is 2. The summed E-state index contributed by atoms with van der Waals surface area (Å²) < 4.78 is 46.4. The van der Waals surface area contributed by atoms with E-state index in [1.165, 1.54) is 6.07 Å². The van der Waals surface area contributed by atoms with Crippen LogP contribution in [0.5, 0.6) is 0 Å². The first-order valence-electron chi connectivity index (χ1n) is 9.32. The molecule has 0 aromatic carbocycles. The average molecular weight is 389 g/mol. The summed E-state index contributed by atoms with van der Waals surface area (Å²) in [6.45, 7) is 7.14. The molecule has 3 rings (SSSR count). The van der Waals surface area contributed by atoms with Crippen molar-refractivity contribution in [1.29, 1.82) is 0 Å². The van der Waals surface area contributed by atoms with Crippen molar-refractivity contribution in [3.05, 3.63) is 11.8 Å². The summed E-state index contributed by atoms with van der Waals surface area (Å²) in [5.41, 5.74) is -0.00215. The quantitative estimate of drug-likeness (QED) is 0.806. The Kier molecular flexibility index (Phi) is 5.95. The van der Waals surface area contributed by atoms with E-state index >= 15 is 0 Å². The topological polar surface area (TPSA) is 71.4 Å². The number of halogens is 3. The van der Waals surface area contributed by atoms with Gasteiger partial charge < -0.3 is 15.4 Å². The van der Waals surface area contributed by atoms with Crippen LogP contribution in [0.4, 0.5) is 19.0 Å². The standard InChI is InChI=1S/C17H26F3N5O2/c1-3-12-8-14(17(18,19)20)25-15(22-12)9-13(23-25)16(26)21-10-11(2)24-4-6-27-7-5-24/h9,11-12,14,22H,3-8,10H2,1-2H3,(H,21,26)/t11?,12-,14-/m1/s1. The van der Waals surface area contributed by atoms with Crippen LogP contribution in [-0.2, 0) is 4.74 Å². The van der Waals surface area contributed by atoms with Gasteiger partial charge in [0.15, 0.2) is 11.7 Å². The number of amides is 1. The van der Waals surface area contributed by atoms with Crippen molar-refractivity contribution >= 4 is 11.7 Å². The van der Waals surface area contributed by atoms with Gasteiger partial charge in [0.25, 0.3) is 5.91 Å². The van der Waals surface area contributed by atoms with E-state index in [9.17, 15) is 18.0 Å². The molecule has 0 saturated carbocycles. The summed E-state index contributed by atoms with van der Waals surface area (Å²) in [5.74, 6) is -0.227. The predicted molar refractivity (Wildman–Crippen MR) is 93.8 cm³/mol. The summed E-state index contributed by atoms with van der Waals surface area (Å²) >= 11 is 0. The lowest BCUT2D eigenvalue weighted by Gasteiger charge is -2.32. The van der Waals surface area contributed by atoms with Gasteiger partial charge in [-0.1, -0.05) is 6.92 Å². The molecule has 1 fully saturated rings. The van der Waals surface area contributed by atoms with Crippen LogP contribution in [0.15, 0.2) is 6.07 Å². The molecule has 2 aliphatic rings. The first-order valence-corrected chi connectivity index (χ1v) is 9.32. The van der Waals surface area contributed by atoms with Gasteiger partial charge in [0.2, 0.25) is 0 Å². The second kappa shape index (κ2) is 8.05. The maximum absolute atomic E-state index is 13.4. The molecule has 3 atom stereocenters. The molecule has 2 aliphatic heterocycles. The van der Waals surface area contributed by atoms with E-state index in [4.69, 9.17) is 4.74 Å². The molecule has 0 bridgehead atoms. The maximum Gasteiger partial charge on any atom is 0.410 e. The van der Waals surface area contributed by atoms with Crippen molar-refractivity contribution in [1.82, 2.24) is 20.0 Å². The Morgan fingerprint density at radius 2 is 2.15 bits per heavy atom. The van der Waals surface area contributed by atoms with Crippen molar-refractivity contribution in [3.63, 3.8) is 0 Å². The van der Waals surface area contributed by atoms with Gasteiger partial charge in [-0.25, -0.2) is 4.68 Å². The van der Waals surface area contributed by atoms with E-state index < -0.39 is 18.1 Å². The zero-order valence-corrected chi connectivity index (χ0v) is 15.6. The number of hydrogen-bond acceptors (Lipinski definition) is 5. The lowest BCUT2D eigenvalue weighted by atomic mass is 10.0. The van der Waals surface area contributed by atoms with Crippen LogP contribution in [0.3, 0.4) is 0 Å². The highest BCUT2D eigenvalue weighted by Crippen LogP contribution is 2.39. The Labute approximate surface area is 156 Å². The molecule has 1 amide bonds. The van der Waals surface area contributed by atoms with E-state index in [-0.39, 0.29) is 30.0 Å². The molecule has 1 aromatic heterocycles. The predicted octanol–water partition coefficient (Wildman–Crippen LogP) is 2.03. The third-order valence-corrected chi connectivity index (χ3v) is 5.22. The van der Waals surface area contributed by atoms with Gasteiger partial charge in [0.05, 0.1) is 13.2 Å². The largest absolute Gasteiger partial charge is 0.410 e. The fourth-order valence-corrected chi connectivity index (χ4v) is 3.51. The molecule has 0 radical (unpaired) electrons. The molecular weight excluding hydrogens is 363 g/mol. The summed E-state index contributed by atoms with van der Waals surface area (Å²) in [6, 6.07) is -0.499. The second-order valence-corrected chi connectivity index (χ2v) is 7.11. The highest BCUT2D eigenvalue weighted by molar-refractivity contribution is 5.93. The molecule has 7 nitrogen and oxygen atoms in total. The summed E-state index contributed by atoms with van der Waals surface area (Å²) in [4.78, 5) is 14.6. The highest BCUT2D eigenvalue weighted by atomic mass is 19.4. The van der Waals surface area contributed by atoms with Gasteiger partial charge in [-0.2, -0.15) is 18.3 Å². The zero-order chi connectivity index (χ0) is 19.6. The fraction of sp³-hybridized carbons (Fsp3) is 0.765. The highest BCUT2D eigenvalue weighted by Gasteiger charge is 2.46. The van der Waals surface area contributed by atoms with Crippen LogP contribution in [0.2, 0.25) is 0 Å². The van der Waals surface area contributed by atoms with E-state index in [0.717, 1.165) is 17.8 Å². The zero-order valence-electron chi connectivity index (χ0n) is 15.6. The molecule has 2 N–H and O–H groups in total. The van der Waals surface area contributed by atoms with Crippen molar-refractivity contribution < 1.29 is 22.7 Å². The first-order chi connectivity index (χ1) is 12.8. The second-order valence-electron chi connectivity index (χ2n) is 7.11. The number of morpholine rings is 1. The van der Waals surface area contributed by atoms with Gasteiger partial charge >= 0.3 is 6.18 Å². The molecule has 1 saturated heterocycles. The molecule has 1 unspecified atom stereocenters. The van der Waals surface area contributed by atoms with Crippen LogP contribution in [-0.4, -0.2) is 71.7 Å². The SMILES string of the molecule is CC[C@@H]1C[C@H](C(F)(F)F)n2nc(C(=O)NCC(C)N3CCOCC3)cc2N1. The number of alkyl halides is 3. The number of fused-ring (bicyclic) bond motifs is 1. The summed E-state index contributed by atoms with van der Waals surface area (Å²) in [5, 5.41) is 9.76. The lowest BCUT2D eigenvalue weighted by molar-refractivity contribution is -0.173. The Morgan fingerprint density at radius 1 is 1.44 bits per heavy atom. The number of anilines is 1.